The summed E-state index contributed by atoms with van der Waals surface area (Å²) in [7, 11) is 1.93. The van der Waals surface area contributed by atoms with Gasteiger partial charge < -0.3 is 15.0 Å². The highest BCUT2D eigenvalue weighted by atomic mass is 16.5. The van der Waals surface area contributed by atoms with Crippen molar-refractivity contribution in [2.24, 2.45) is 5.92 Å². The Morgan fingerprint density at radius 1 is 1.33 bits per heavy atom. The van der Waals surface area contributed by atoms with Crippen molar-refractivity contribution < 1.29 is 9.53 Å². The van der Waals surface area contributed by atoms with E-state index in [1.54, 1.807) is 0 Å². The van der Waals surface area contributed by atoms with Gasteiger partial charge in [-0.15, -0.1) is 0 Å². The first-order valence-corrected chi connectivity index (χ1v) is 7.32. The Kier molecular flexibility index (Phi) is 5.45. The molecule has 0 aromatic carbocycles. The lowest BCUT2D eigenvalue weighted by atomic mass is 9.99. The lowest BCUT2D eigenvalue weighted by Crippen LogP contribution is -2.40. The van der Waals surface area contributed by atoms with E-state index in [2.05, 4.69) is 5.32 Å². The largest absolute Gasteiger partial charge is 0.378 e. The summed E-state index contributed by atoms with van der Waals surface area (Å²) in [4.78, 5) is 14.0. The van der Waals surface area contributed by atoms with E-state index in [1.165, 1.54) is 19.3 Å². The van der Waals surface area contributed by atoms with E-state index in [1.807, 2.05) is 11.9 Å². The van der Waals surface area contributed by atoms with Gasteiger partial charge in [0.05, 0.1) is 12.5 Å². The molecule has 2 fully saturated rings. The van der Waals surface area contributed by atoms with Gasteiger partial charge in [-0.2, -0.15) is 0 Å². The quantitative estimate of drug-likeness (QED) is 0.824. The standard InChI is InChI=1S/C14H26N2O2/c1-16(11-12-5-4-7-15-10-12)14(17)9-13-6-2-3-8-18-13/h12-13,15H,2-11H2,1H3. The second-order valence-electron chi connectivity index (χ2n) is 5.68. The number of carbonyl (C=O) groups is 1. The molecule has 2 aliphatic rings. The predicted octanol–water partition coefficient (Wildman–Crippen LogP) is 1.40. The van der Waals surface area contributed by atoms with Crippen LogP contribution in [0.25, 0.3) is 0 Å². The smallest absolute Gasteiger partial charge is 0.224 e. The van der Waals surface area contributed by atoms with E-state index >= 15 is 0 Å². The molecule has 4 heteroatoms. The average Bonchev–Trinajstić information content (AvgIpc) is 2.41. The average molecular weight is 254 g/mol. The third kappa shape index (κ3) is 4.25. The van der Waals surface area contributed by atoms with E-state index < -0.39 is 0 Å². The fourth-order valence-corrected chi connectivity index (χ4v) is 2.89. The maximum Gasteiger partial charge on any atom is 0.224 e. The van der Waals surface area contributed by atoms with Crippen molar-refractivity contribution in [3.63, 3.8) is 0 Å². The minimum absolute atomic E-state index is 0.165. The van der Waals surface area contributed by atoms with Crippen molar-refractivity contribution in [3.05, 3.63) is 0 Å². The van der Waals surface area contributed by atoms with Gasteiger partial charge in [-0.05, 0) is 51.1 Å². The van der Waals surface area contributed by atoms with E-state index in [0.717, 1.165) is 39.1 Å². The Morgan fingerprint density at radius 3 is 2.89 bits per heavy atom. The summed E-state index contributed by atoms with van der Waals surface area (Å²) >= 11 is 0. The van der Waals surface area contributed by atoms with Crippen LogP contribution < -0.4 is 5.32 Å². The van der Waals surface area contributed by atoms with Crippen molar-refractivity contribution in [2.75, 3.05) is 33.3 Å². The van der Waals surface area contributed by atoms with Crippen molar-refractivity contribution >= 4 is 5.91 Å². The summed E-state index contributed by atoms with van der Waals surface area (Å²) in [6.45, 7) is 3.90. The van der Waals surface area contributed by atoms with Crippen molar-refractivity contribution in [2.45, 2.75) is 44.6 Å². The molecule has 18 heavy (non-hydrogen) atoms. The molecule has 0 aromatic heterocycles. The normalized spacial score (nSPS) is 28.9. The number of carbonyl (C=O) groups excluding carboxylic acids is 1. The van der Waals surface area contributed by atoms with Gasteiger partial charge in [0.2, 0.25) is 5.91 Å². The van der Waals surface area contributed by atoms with E-state index in [9.17, 15) is 4.79 Å². The van der Waals surface area contributed by atoms with Crippen LogP contribution in [0.5, 0.6) is 0 Å². The zero-order valence-corrected chi connectivity index (χ0v) is 11.5. The van der Waals surface area contributed by atoms with E-state index in [4.69, 9.17) is 4.74 Å². The zero-order valence-electron chi connectivity index (χ0n) is 11.5. The molecular formula is C14H26N2O2. The van der Waals surface area contributed by atoms with Crippen LogP contribution in [-0.2, 0) is 9.53 Å². The SMILES string of the molecule is CN(CC1CCCNC1)C(=O)CC1CCCCO1. The van der Waals surface area contributed by atoms with E-state index in [0.29, 0.717) is 12.3 Å². The van der Waals surface area contributed by atoms with Crippen molar-refractivity contribution in [3.8, 4) is 0 Å². The first-order chi connectivity index (χ1) is 8.75. The third-order valence-electron chi connectivity index (χ3n) is 4.03. The lowest BCUT2D eigenvalue weighted by molar-refractivity contribution is -0.134. The number of piperidine rings is 1. The molecule has 0 bridgehead atoms. The van der Waals surface area contributed by atoms with Crippen LogP contribution in [0.1, 0.15) is 38.5 Å². The minimum atomic E-state index is 0.165. The van der Waals surface area contributed by atoms with Gasteiger partial charge in [-0.1, -0.05) is 0 Å². The fraction of sp³-hybridized carbons (Fsp3) is 0.929. The molecule has 4 nitrogen and oxygen atoms in total. The number of rotatable bonds is 4. The summed E-state index contributed by atoms with van der Waals surface area (Å²) in [5.41, 5.74) is 0. The zero-order chi connectivity index (χ0) is 12.8. The molecule has 1 N–H and O–H groups in total. The molecule has 2 aliphatic heterocycles. The molecule has 2 saturated heterocycles. The third-order valence-corrected chi connectivity index (χ3v) is 4.03. The highest BCUT2D eigenvalue weighted by Gasteiger charge is 2.22. The monoisotopic (exact) mass is 254 g/mol. The Hall–Kier alpha value is -0.610. The number of hydrogen-bond acceptors (Lipinski definition) is 3. The van der Waals surface area contributed by atoms with Gasteiger partial charge in [0.1, 0.15) is 0 Å². The second-order valence-corrected chi connectivity index (χ2v) is 5.68. The van der Waals surface area contributed by atoms with Gasteiger partial charge in [0.15, 0.2) is 0 Å². The molecule has 1 amide bonds. The number of ether oxygens (including phenoxy) is 1. The van der Waals surface area contributed by atoms with Gasteiger partial charge in [0, 0.05) is 20.2 Å². The number of nitrogens with one attached hydrogen (secondary N) is 1. The fourth-order valence-electron chi connectivity index (χ4n) is 2.89. The number of amides is 1. The Balaban J connectivity index is 1.69. The van der Waals surface area contributed by atoms with Crippen LogP contribution in [0.2, 0.25) is 0 Å². The van der Waals surface area contributed by atoms with Crippen LogP contribution >= 0.6 is 0 Å². The molecule has 0 spiro atoms. The molecule has 2 unspecified atom stereocenters. The summed E-state index contributed by atoms with van der Waals surface area (Å²) in [6, 6.07) is 0. The predicted molar refractivity (Wildman–Crippen MR) is 71.4 cm³/mol. The Labute approximate surface area is 110 Å². The first kappa shape index (κ1) is 13.8. The Morgan fingerprint density at radius 2 is 2.22 bits per heavy atom. The van der Waals surface area contributed by atoms with Gasteiger partial charge in [0.25, 0.3) is 0 Å². The van der Waals surface area contributed by atoms with Crippen LogP contribution in [0.15, 0.2) is 0 Å². The summed E-state index contributed by atoms with van der Waals surface area (Å²) in [5, 5.41) is 3.40. The molecule has 104 valence electrons. The molecule has 0 radical (unpaired) electrons. The molecule has 2 atom stereocenters. The number of hydrogen-bond donors (Lipinski definition) is 1. The van der Waals surface area contributed by atoms with Crippen LogP contribution in [0.4, 0.5) is 0 Å². The minimum Gasteiger partial charge on any atom is -0.378 e. The number of nitrogens with zero attached hydrogens (tertiary/aromatic N) is 1. The van der Waals surface area contributed by atoms with Gasteiger partial charge in [-0.3, -0.25) is 4.79 Å². The molecule has 2 heterocycles. The van der Waals surface area contributed by atoms with Gasteiger partial charge in [-0.25, -0.2) is 0 Å². The molecule has 0 aromatic rings. The van der Waals surface area contributed by atoms with E-state index in [-0.39, 0.29) is 12.0 Å². The summed E-state index contributed by atoms with van der Waals surface area (Å²) in [5.74, 6) is 0.868. The second kappa shape index (κ2) is 7.10. The van der Waals surface area contributed by atoms with Crippen LogP contribution in [0.3, 0.4) is 0 Å². The van der Waals surface area contributed by atoms with Crippen molar-refractivity contribution in [1.82, 2.24) is 10.2 Å². The molecule has 2 rings (SSSR count). The maximum atomic E-state index is 12.1. The molecule has 0 aliphatic carbocycles. The summed E-state index contributed by atoms with van der Waals surface area (Å²) < 4.78 is 5.63. The summed E-state index contributed by atoms with van der Waals surface area (Å²) in [6.07, 6.45) is 6.60. The molecule has 0 saturated carbocycles. The van der Waals surface area contributed by atoms with Crippen LogP contribution in [-0.4, -0.2) is 50.2 Å². The van der Waals surface area contributed by atoms with Crippen LogP contribution in [0, 0.1) is 5.92 Å². The lowest BCUT2D eigenvalue weighted by Gasteiger charge is -2.29. The topological polar surface area (TPSA) is 41.6 Å². The van der Waals surface area contributed by atoms with Gasteiger partial charge >= 0.3 is 0 Å². The highest BCUT2D eigenvalue weighted by Crippen LogP contribution is 2.17. The molecular weight excluding hydrogens is 228 g/mol. The highest BCUT2D eigenvalue weighted by molar-refractivity contribution is 5.76. The Bertz CT molecular complexity index is 259. The maximum absolute atomic E-state index is 12.1. The first-order valence-electron chi connectivity index (χ1n) is 7.32. The van der Waals surface area contributed by atoms with Crippen molar-refractivity contribution in [1.29, 1.82) is 0 Å².